The number of hydrogen-bond acceptors (Lipinski definition) is 5. The Morgan fingerprint density at radius 1 is 1.04 bits per heavy atom. The van der Waals surface area contributed by atoms with E-state index >= 15 is 0 Å². The fraction of sp³-hybridized carbons (Fsp3) is 0.364. The number of rotatable bonds is 5. The van der Waals surface area contributed by atoms with E-state index in [1.54, 1.807) is 11.3 Å². The molecule has 0 saturated heterocycles. The minimum absolute atomic E-state index is 0.0866. The summed E-state index contributed by atoms with van der Waals surface area (Å²) in [6.45, 7) is 8.81. The lowest BCUT2D eigenvalue weighted by molar-refractivity contribution is 0.590. The number of aryl methyl sites for hydroxylation is 1. The third kappa shape index (κ3) is 3.83. The van der Waals surface area contributed by atoms with Gasteiger partial charge in [0.2, 0.25) is 0 Å². The first-order chi connectivity index (χ1) is 12.9. The van der Waals surface area contributed by atoms with Crippen LogP contribution in [0.4, 0.5) is 11.1 Å². The number of nitrogens with zero attached hydrogens (tertiary/aromatic N) is 2. The second-order valence-corrected chi connectivity index (χ2v) is 9.03. The van der Waals surface area contributed by atoms with Gasteiger partial charge in [0, 0.05) is 0 Å². The first-order valence-corrected chi connectivity index (χ1v) is 10.3. The molecule has 0 spiro atoms. The predicted octanol–water partition coefficient (Wildman–Crippen LogP) is 6.82. The molecule has 0 fully saturated rings. The molecule has 2 aromatic heterocycles. The Hall–Kier alpha value is -2.40. The molecule has 2 heterocycles. The molecular formula is C22H25N3OS. The number of benzene rings is 2. The smallest absolute Gasteiger partial charge is 0.302 e. The van der Waals surface area contributed by atoms with Gasteiger partial charge in [-0.1, -0.05) is 57.6 Å². The first kappa shape index (κ1) is 18.0. The van der Waals surface area contributed by atoms with Crippen molar-refractivity contribution in [3.05, 3.63) is 47.5 Å². The Labute approximate surface area is 163 Å². The van der Waals surface area contributed by atoms with E-state index in [4.69, 9.17) is 4.42 Å². The van der Waals surface area contributed by atoms with Crippen molar-refractivity contribution in [2.75, 3.05) is 5.32 Å². The monoisotopic (exact) mass is 379 g/mol. The zero-order chi connectivity index (χ0) is 19.0. The largest absolute Gasteiger partial charge is 0.423 e. The van der Waals surface area contributed by atoms with Crippen molar-refractivity contribution in [2.24, 2.45) is 0 Å². The maximum atomic E-state index is 5.86. The van der Waals surface area contributed by atoms with Crippen LogP contribution in [0.25, 0.3) is 21.3 Å². The Bertz CT molecular complexity index is 1090. The zero-order valence-corrected chi connectivity index (χ0v) is 17.1. The molecule has 0 aliphatic carbocycles. The van der Waals surface area contributed by atoms with Crippen LogP contribution in [0.1, 0.15) is 51.7 Å². The van der Waals surface area contributed by atoms with Gasteiger partial charge in [-0.15, -0.1) is 0 Å². The average molecular weight is 380 g/mol. The van der Waals surface area contributed by atoms with Crippen LogP contribution in [0.2, 0.25) is 0 Å². The number of nitrogens with one attached hydrogen (secondary N) is 1. The van der Waals surface area contributed by atoms with Crippen molar-refractivity contribution in [3.63, 3.8) is 0 Å². The standard InChI is InChI=1S/C22H25N3OS/c1-5-6-7-14-8-10-16-19(12-14)27-21(24-16)25-20-23-17-13-15(22(2,3)4)9-11-18(17)26-20/h8-13H,5-7H2,1-4H3,(H,23,24,25). The number of anilines is 2. The highest BCUT2D eigenvalue weighted by molar-refractivity contribution is 7.22. The fourth-order valence-corrected chi connectivity index (χ4v) is 4.02. The maximum Gasteiger partial charge on any atom is 0.302 e. The van der Waals surface area contributed by atoms with Crippen LogP contribution in [0, 0.1) is 0 Å². The van der Waals surface area contributed by atoms with Crippen LogP contribution in [-0.4, -0.2) is 9.97 Å². The normalized spacial score (nSPS) is 12.1. The Balaban J connectivity index is 1.59. The van der Waals surface area contributed by atoms with Crippen molar-refractivity contribution in [2.45, 2.75) is 52.4 Å². The number of oxazole rings is 1. The van der Waals surface area contributed by atoms with Crippen LogP contribution >= 0.6 is 11.3 Å². The summed E-state index contributed by atoms with van der Waals surface area (Å²) in [5.41, 5.74) is 5.37. The molecule has 0 aliphatic heterocycles. The van der Waals surface area contributed by atoms with Crippen molar-refractivity contribution in [1.29, 1.82) is 0 Å². The van der Waals surface area contributed by atoms with Gasteiger partial charge in [-0.3, -0.25) is 5.32 Å². The molecule has 5 heteroatoms. The zero-order valence-electron chi connectivity index (χ0n) is 16.3. The topological polar surface area (TPSA) is 51.0 Å². The molecule has 0 unspecified atom stereocenters. The molecule has 0 bridgehead atoms. The van der Waals surface area contributed by atoms with Gasteiger partial charge in [0.1, 0.15) is 5.52 Å². The van der Waals surface area contributed by atoms with E-state index in [9.17, 15) is 0 Å². The number of hydrogen-bond donors (Lipinski definition) is 1. The molecule has 1 N–H and O–H groups in total. The van der Waals surface area contributed by atoms with Crippen LogP contribution in [0.5, 0.6) is 0 Å². The highest BCUT2D eigenvalue weighted by atomic mass is 32.1. The summed E-state index contributed by atoms with van der Waals surface area (Å²) in [4.78, 5) is 9.26. The SMILES string of the molecule is CCCCc1ccc2nc(Nc3nc4cc(C(C)(C)C)ccc4o3)sc2c1. The highest BCUT2D eigenvalue weighted by Gasteiger charge is 2.16. The number of unbranched alkanes of at least 4 members (excludes halogenated alkanes) is 1. The van der Waals surface area contributed by atoms with Gasteiger partial charge in [0.05, 0.1) is 10.2 Å². The van der Waals surface area contributed by atoms with Crippen molar-refractivity contribution < 1.29 is 4.42 Å². The van der Waals surface area contributed by atoms with E-state index in [1.807, 2.05) is 6.07 Å². The molecule has 4 aromatic rings. The van der Waals surface area contributed by atoms with Gasteiger partial charge < -0.3 is 4.42 Å². The summed E-state index contributed by atoms with van der Waals surface area (Å²) < 4.78 is 7.05. The van der Waals surface area contributed by atoms with Crippen LogP contribution in [0.15, 0.2) is 40.8 Å². The summed E-state index contributed by atoms with van der Waals surface area (Å²) in [7, 11) is 0. The third-order valence-electron chi connectivity index (χ3n) is 4.74. The number of aromatic nitrogens is 2. The number of thiazole rings is 1. The van der Waals surface area contributed by atoms with Gasteiger partial charge in [-0.05, 0) is 53.6 Å². The minimum Gasteiger partial charge on any atom is -0.423 e. The average Bonchev–Trinajstić information content (AvgIpc) is 3.20. The molecule has 4 rings (SSSR count). The quantitative estimate of drug-likeness (QED) is 0.413. The van der Waals surface area contributed by atoms with Gasteiger partial charge in [-0.2, -0.15) is 4.98 Å². The molecule has 4 nitrogen and oxygen atoms in total. The lowest BCUT2D eigenvalue weighted by atomic mass is 9.87. The molecule has 140 valence electrons. The molecule has 0 atom stereocenters. The molecule has 0 amide bonds. The lowest BCUT2D eigenvalue weighted by Gasteiger charge is -2.18. The van der Waals surface area contributed by atoms with E-state index in [1.165, 1.54) is 28.7 Å². The van der Waals surface area contributed by atoms with Crippen LogP contribution < -0.4 is 5.32 Å². The second-order valence-electron chi connectivity index (χ2n) is 8.00. The second kappa shape index (κ2) is 6.97. The van der Waals surface area contributed by atoms with Crippen LogP contribution in [0.3, 0.4) is 0 Å². The molecule has 2 aromatic carbocycles. The Morgan fingerprint density at radius 3 is 2.67 bits per heavy atom. The summed E-state index contributed by atoms with van der Waals surface area (Å²) in [6, 6.07) is 13.2. The highest BCUT2D eigenvalue weighted by Crippen LogP contribution is 2.31. The summed E-state index contributed by atoms with van der Waals surface area (Å²) >= 11 is 1.63. The molecule has 0 aliphatic rings. The summed E-state index contributed by atoms with van der Waals surface area (Å²) in [6.07, 6.45) is 3.55. The van der Waals surface area contributed by atoms with Gasteiger partial charge in [0.15, 0.2) is 10.7 Å². The first-order valence-electron chi connectivity index (χ1n) is 9.50. The molecule has 27 heavy (non-hydrogen) atoms. The number of fused-ring (bicyclic) bond motifs is 2. The van der Waals surface area contributed by atoms with E-state index in [-0.39, 0.29) is 5.41 Å². The maximum absolute atomic E-state index is 5.86. The van der Waals surface area contributed by atoms with Gasteiger partial charge in [-0.25, -0.2) is 4.98 Å². The van der Waals surface area contributed by atoms with Crippen molar-refractivity contribution in [3.8, 4) is 0 Å². The third-order valence-corrected chi connectivity index (χ3v) is 5.67. The Kier molecular flexibility index (Phi) is 4.64. The van der Waals surface area contributed by atoms with Crippen molar-refractivity contribution in [1.82, 2.24) is 9.97 Å². The van der Waals surface area contributed by atoms with E-state index < -0.39 is 0 Å². The molecular weight excluding hydrogens is 354 g/mol. The van der Waals surface area contributed by atoms with Crippen LogP contribution in [-0.2, 0) is 11.8 Å². The summed E-state index contributed by atoms with van der Waals surface area (Å²) in [5.74, 6) is 0. The van der Waals surface area contributed by atoms with E-state index in [2.05, 4.69) is 73.3 Å². The lowest BCUT2D eigenvalue weighted by Crippen LogP contribution is -2.10. The van der Waals surface area contributed by atoms with E-state index in [0.29, 0.717) is 6.01 Å². The molecule has 0 saturated carbocycles. The van der Waals surface area contributed by atoms with E-state index in [0.717, 1.165) is 28.2 Å². The van der Waals surface area contributed by atoms with Crippen molar-refractivity contribution >= 4 is 43.8 Å². The predicted molar refractivity (Wildman–Crippen MR) is 114 cm³/mol. The Morgan fingerprint density at radius 2 is 1.89 bits per heavy atom. The van der Waals surface area contributed by atoms with Gasteiger partial charge >= 0.3 is 6.01 Å². The van der Waals surface area contributed by atoms with Gasteiger partial charge in [0.25, 0.3) is 0 Å². The minimum atomic E-state index is 0.0866. The summed E-state index contributed by atoms with van der Waals surface area (Å²) in [5, 5.41) is 4.04. The fourth-order valence-electron chi connectivity index (χ4n) is 3.10. The molecule has 0 radical (unpaired) electrons.